The summed E-state index contributed by atoms with van der Waals surface area (Å²) in [6.07, 6.45) is 3.65. The summed E-state index contributed by atoms with van der Waals surface area (Å²) in [7, 11) is 0. The first-order valence-electron chi connectivity index (χ1n) is 11.1. The normalized spacial score (nSPS) is 18.3. The summed E-state index contributed by atoms with van der Waals surface area (Å²) in [5.41, 5.74) is 8.03. The first-order chi connectivity index (χ1) is 15.5. The van der Waals surface area contributed by atoms with E-state index in [4.69, 9.17) is 5.73 Å². The summed E-state index contributed by atoms with van der Waals surface area (Å²) >= 11 is 0. The van der Waals surface area contributed by atoms with Gasteiger partial charge < -0.3 is 26.2 Å². The second-order valence-corrected chi connectivity index (χ2v) is 8.36. The van der Waals surface area contributed by atoms with Gasteiger partial charge >= 0.3 is 6.03 Å². The summed E-state index contributed by atoms with van der Waals surface area (Å²) in [5.74, 6) is -1.01. The van der Waals surface area contributed by atoms with E-state index in [-0.39, 0.29) is 17.9 Å². The number of primary amides is 1. The number of carbonyl (C=O) groups excluding carboxylic acids is 3. The molecule has 2 fully saturated rings. The second-order valence-electron chi connectivity index (χ2n) is 8.36. The van der Waals surface area contributed by atoms with E-state index in [1.54, 1.807) is 17.0 Å². The topological polar surface area (TPSA) is 108 Å². The van der Waals surface area contributed by atoms with Gasteiger partial charge in [-0.25, -0.2) is 4.79 Å². The Labute approximate surface area is 187 Å². The van der Waals surface area contributed by atoms with Gasteiger partial charge in [0.15, 0.2) is 0 Å². The number of nitrogens with zero attached hydrogens (tertiary/aromatic N) is 2. The molecule has 2 aromatic carbocycles. The predicted molar refractivity (Wildman–Crippen MR) is 125 cm³/mol. The molecular formula is C24H29N5O3. The van der Waals surface area contributed by atoms with Gasteiger partial charge in [0.25, 0.3) is 0 Å². The van der Waals surface area contributed by atoms with Gasteiger partial charge in [-0.3, -0.25) is 9.59 Å². The summed E-state index contributed by atoms with van der Waals surface area (Å²) in [6, 6.07) is 14.3. The Hall–Kier alpha value is -3.55. The minimum Gasteiger partial charge on any atom is -0.370 e. The zero-order chi connectivity index (χ0) is 22.5. The zero-order valence-corrected chi connectivity index (χ0v) is 18.0. The molecule has 0 radical (unpaired) electrons. The number of anilines is 3. The highest BCUT2D eigenvalue weighted by atomic mass is 16.2. The molecular weight excluding hydrogens is 406 g/mol. The van der Waals surface area contributed by atoms with Crippen molar-refractivity contribution in [3.05, 3.63) is 54.1 Å². The molecule has 0 aromatic heterocycles. The van der Waals surface area contributed by atoms with Crippen LogP contribution in [-0.2, 0) is 4.79 Å². The number of para-hydroxylation sites is 1. The molecule has 0 bridgehead atoms. The van der Waals surface area contributed by atoms with Crippen LogP contribution in [0.25, 0.3) is 0 Å². The van der Waals surface area contributed by atoms with Crippen molar-refractivity contribution >= 4 is 34.9 Å². The Morgan fingerprint density at radius 2 is 1.66 bits per heavy atom. The van der Waals surface area contributed by atoms with E-state index < -0.39 is 5.91 Å². The number of piperidine rings is 1. The molecule has 4 N–H and O–H groups in total. The predicted octanol–water partition coefficient (Wildman–Crippen LogP) is 3.27. The molecule has 0 aliphatic carbocycles. The molecule has 2 heterocycles. The molecule has 8 nitrogen and oxygen atoms in total. The molecule has 2 aromatic rings. The third kappa shape index (κ3) is 5.01. The molecule has 32 heavy (non-hydrogen) atoms. The first-order valence-corrected chi connectivity index (χ1v) is 11.1. The maximum Gasteiger partial charge on any atom is 0.321 e. The lowest BCUT2D eigenvalue weighted by atomic mass is 9.97. The number of hydrogen-bond donors (Lipinski definition) is 3. The number of nitrogens with one attached hydrogen (secondary N) is 2. The van der Waals surface area contributed by atoms with Crippen LogP contribution >= 0.6 is 0 Å². The van der Waals surface area contributed by atoms with E-state index in [1.807, 2.05) is 36.4 Å². The smallest absolute Gasteiger partial charge is 0.321 e. The lowest BCUT2D eigenvalue weighted by Gasteiger charge is -2.32. The molecule has 4 amide bonds. The Morgan fingerprint density at radius 3 is 2.38 bits per heavy atom. The standard InChI is InChI=1S/C24H29N5O3/c25-22(30)17-10-11-21(28-12-4-5-13-28)20(15-17)27-23(31)18-7-6-14-29(16-18)24(32)26-19-8-2-1-3-9-19/h1-3,8-11,15,18H,4-7,12-14,16H2,(H2,25,30)(H,26,32)(H,27,31)/t18-/m1/s1. The average molecular weight is 436 g/mol. The number of benzene rings is 2. The van der Waals surface area contributed by atoms with Crippen molar-refractivity contribution < 1.29 is 14.4 Å². The Kier molecular flexibility index (Phi) is 6.58. The van der Waals surface area contributed by atoms with Crippen LogP contribution in [0.5, 0.6) is 0 Å². The van der Waals surface area contributed by atoms with E-state index in [0.29, 0.717) is 30.8 Å². The second kappa shape index (κ2) is 9.72. The summed E-state index contributed by atoms with van der Waals surface area (Å²) in [4.78, 5) is 41.4. The number of likely N-dealkylation sites (tertiary alicyclic amines) is 1. The molecule has 0 unspecified atom stereocenters. The number of rotatable bonds is 5. The van der Waals surface area contributed by atoms with Crippen molar-refractivity contribution in [2.24, 2.45) is 11.7 Å². The lowest BCUT2D eigenvalue weighted by molar-refractivity contribution is -0.121. The summed E-state index contributed by atoms with van der Waals surface area (Å²) in [6.45, 7) is 2.78. The molecule has 0 saturated carbocycles. The lowest BCUT2D eigenvalue weighted by Crippen LogP contribution is -2.45. The third-order valence-corrected chi connectivity index (χ3v) is 6.09. The van der Waals surface area contributed by atoms with Gasteiger partial charge in [0, 0.05) is 37.4 Å². The van der Waals surface area contributed by atoms with Crippen LogP contribution in [0.2, 0.25) is 0 Å². The minimum absolute atomic E-state index is 0.149. The highest BCUT2D eigenvalue weighted by Gasteiger charge is 2.29. The van der Waals surface area contributed by atoms with Crippen molar-refractivity contribution in [2.45, 2.75) is 25.7 Å². The van der Waals surface area contributed by atoms with Crippen LogP contribution in [0.3, 0.4) is 0 Å². The number of amides is 4. The Balaban J connectivity index is 1.45. The molecule has 0 spiro atoms. The number of carbonyl (C=O) groups is 3. The maximum atomic E-state index is 13.1. The largest absolute Gasteiger partial charge is 0.370 e. The zero-order valence-electron chi connectivity index (χ0n) is 18.0. The maximum absolute atomic E-state index is 13.1. The SMILES string of the molecule is NC(=O)c1ccc(N2CCCC2)c(NC(=O)[C@@H]2CCCN(C(=O)Nc3ccccc3)C2)c1. The van der Waals surface area contributed by atoms with Crippen LogP contribution in [-0.4, -0.2) is 48.9 Å². The molecule has 8 heteroatoms. The Bertz CT molecular complexity index is 988. The molecule has 2 aliphatic heterocycles. The summed E-state index contributed by atoms with van der Waals surface area (Å²) < 4.78 is 0. The molecule has 4 rings (SSSR count). The van der Waals surface area contributed by atoms with Gasteiger partial charge in [-0.05, 0) is 56.0 Å². The highest BCUT2D eigenvalue weighted by Crippen LogP contribution is 2.31. The Morgan fingerprint density at radius 1 is 0.906 bits per heavy atom. The molecule has 2 saturated heterocycles. The number of hydrogen-bond acceptors (Lipinski definition) is 4. The minimum atomic E-state index is -0.533. The van der Waals surface area contributed by atoms with E-state index >= 15 is 0 Å². The molecule has 2 aliphatic rings. The van der Waals surface area contributed by atoms with Gasteiger partial charge in [-0.1, -0.05) is 18.2 Å². The van der Waals surface area contributed by atoms with E-state index in [9.17, 15) is 14.4 Å². The van der Waals surface area contributed by atoms with Crippen molar-refractivity contribution in [3.8, 4) is 0 Å². The van der Waals surface area contributed by atoms with Crippen molar-refractivity contribution in [1.29, 1.82) is 0 Å². The highest BCUT2D eigenvalue weighted by molar-refractivity contribution is 6.00. The fourth-order valence-corrected chi connectivity index (χ4v) is 4.36. The van der Waals surface area contributed by atoms with Crippen molar-refractivity contribution in [2.75, 3.05) is 41.7 Å². The van der Waals surface area contributed by atoms with E-state index in [2.05, 4.69) is 15.5 Å². The van der Waals surface area contributed by atoms with Gasteiger partial charge in [-0.2, -0.15) is 0 Å². The van der Waals surface area contributed by atoms with Gasteiger partial charge in [0.05, 0.1) is 17.3 Å². The summed E-state index contributed by atoms with van der Waals surface area (Å²) in [5, 5.41) is 5.90. The van der Waals surface area contributed by atoms with E-state index in [1.165, 1.54) is 0 Å². The third-order valence-electron chi connectivity index (χ3n) is 6.09. The quantitative estimate of drug-likeness (QED) is 0.670. The first kappa shape index (κ1) is 21.7. The fourth-order valence-electron chi connectivity index (χ4n) is 4.36. The number of urea groups is 1. The molecule has 168 valence electrons. The van der Waals surface area contributed by atoms with Crippen LogP contribution in [0.1, 0.15) is 36.0 Å². The van der Waals surface area contributed by atoms with Crippen LogP contribution in [0.4, 0.5) is 21.9 Å². The van der Waals surface area contributed by atoms with Crippen LogP contribution < -0.4 is 21.3 Å². The van der Waals surface area contributed by atoms with Gasteiger partial charge in [0.1, 0.15) is 0 Å². The van der Waals surface area contributed by atoms with Gasteiger partial charge in [-0.15, -0.1) is 0 Å². The van der Waals surface area contributed by atoms with Crippen LogP contribution in [0.15, 0.2) is 48.5 Å². The van der Waals surface area contributed by atoms with Gasteiger partial charge in [0.2, 0.25) is 11.8 Å². The molecule has 1 atom stereocenters. The number of nitrogens with two attached hydrogens (primary N) is 1. The average Bonchev–Trinajstić information content (AvgIpc) is 3.34. The van der Waals surface area contributed by atoms with Crippen molar-refractivity contribution in [1.82, 2.24) is 4.90 Å². The van der Waals surface area contributed by atoms with Crippen LogP contribution in [0, 0.1) is 5.92 Å². The van der Waals surface area contributed by atoms with E-state index in [0.717, 1.165) is 43.7 Å². The fraction of sp³-hybridized carbons (Fsp3) is 0.375. The monoisotopic (exact) mass is 435 g/mol. The van der Waals surface area contributed by atoms with Crippen molar-refractivity contribution in [3.63, 3.8) is 0 Å².